The van der Waals surface area contributed by atoms with E-state index in [9.17, 15) is 24.6 Å². The highest BCUT2D eigenvalue weighted by atomic mass is 16.6. The van der Waals surface area contributed by atoms with Gasteiger partial charge in [0.05, 0.1) is 11.9 Å². The first kappa shape index (κ1) is 25.7. The second kappa shape index (κ2) is 8.06. The summed E-state index contributed by atoms with van der Waals surface area (Å²) in [5, 5.41) is 24.7. The number of fused-ring (bicyclic) bond motifs is 4. The van der Waals surface area contributed by atoms with E-state index in [0.717, 1.165) is 0 Å². The van der Waals surface area contributed by atoms with Crippen LogP contribution in [0.4, 0.5) is 0 Å². The van der Waals surface area contributed by atoms with Crippen LogP contribution in [0.25, 0.3) is 0 Å². The van der Waals surface area contributed by atoms with Crippen LogP contribution in [0.15, 0.2) is 16.7 Å². The monoisotopic (exact) mass is 492 g/mol. The van der Waals surface area contributed by atoms with Crippen molar-refractivity contribution >= 4 is 17.9 Å². The van der Waals surface area contributed by atoms with Crippen LogP contribution in [-0.4, -0.2) is 52.0 Å². The number of esters is 3. The molecule has 3 aliphatic carbocycles. The minimum atomic E-state index is -1.79. The Morgan fingerprint density at radius 2 is 1.57 bits per heavy atom. The molecule has 2 saturated carbocycles. The fourth-order valence-corrected chi connectivity index (χ4v) is 7.62. The van der Waals surface area contributed by atoms with Crippen LogP contribution in [0.1, 0.15) is 72.6 Å². The Hall–Kier alpha value is -2.39. The van der Waals surface area contributed by atoms with E-state index in [-0.39, 0.29) is 0 Å². The molecule has 2 N–H and O–H groups in total. The molecule has 1 aromatic heterocycles. The molecule has 0 radical (unpaired) electrons. The molecule has 0 spiro atoms. The number of hydrogen-bond acceptors (Lipinski definition) is 9. The third kappa shape index (κ3) is 3.45. The summed E-state index contributed by atoms with van der Waals surface area (Å²) in [6, 6.07) is 1.68. The molecular formula is C26H36O9. The third-order valence-electron chi connectivity index (χ3n) is 9.07. The van der Waals surface area contributed by atoms with Crippen molar-refractivity contribution in [3.63, 3.8) is 0 Å². The average Bonchev–Trinajstić information content (AvgIpc) is 3.19. The van der Waals surface area contributed by atoms with Crippen LogP contribution in [0, 0.1) is 22.7 Å². The van der Waals surface area contributed by atoms with Crippen LogP contribution in [0.2, 0.25) is 0 Å². The zero-order chi connectivity index (χ0) is 26.1. The minimum Gasteiger partial charge on any atom is -0.469 e. The first-order valence-electron chi connectivity index (χ1n) is 12.1. The average molecular weight is 493 g/mol. The van der Waals surface area contributed by atoms with Gasteiger partial charge in [-0.25, -0.2) is 0 Å². The van der Waals surface area contributed by atoms with Gasteiger partial charge in [0.2, 0.25) is 0 Å². The summed E-state index contributed by atoms with van der Waals surface area (Å²) in [6.45, 7) is 11.0. The summed E-state index contributed by atoms with van der Waals surface area (Å²) in [5.41, 5.74) is -4.83. The Bertz CT molecular complexity index is 1040. The van der Waals surface area contributed by atoms with Crippen molar-refractivity contribution in [2.75, 3.05) is 0 Å². The molecule has 0 aromatic carbocycles. The Labute approximate surface area is 205 Å². The second-order valence-corrected chi connectivity index (χ2v) is 11.4. The summed E-state index contributed by atoms with van der Waals surface area (Å²) in [5.74, 6) is -2.58. The van der Waals surface area contributed by atoms with E-state index in [2.05, 4.69) is 0 Å². The van der Waals surface area contributed by atoms with Crippen molar-refractivity contribution < 1.29 is 43.2 Å². The van der Waals surface area contributed by atoms with E-state index in [1.54, 1.807) is 13.0 Å². The summed E-state index contributed by atoms with van der Waals surface area (Å²) in [7, 11) is 0. The van der Waals surface area contributed by atoms with E-state index in [1.807, 2.05) is 20.8 Å². The number of aliphatic hydroxyl groups is 2. The van der Waals surface area contributed by atoms with Gasteiger partial charge < -0.3 is 28.8 Å². The van der Waals surface area contributed by atoms with E-state index in [0.29, 0.717) is 30.6 Å². The Balaban J connectivity index is 2.05. The molecule has 3 aliphatic rings. The van der Waals surface area contributed by atoms with Gasteiger partial charge in [-0.2, -0.15) is 0 Å². The van der Waals surface area contributed by atoms with E-state index in [4.69, 9.17) is 18.6 Å². The van der Waals surface area contributed by atoms with E-state index < -0.39 is 70.1 Å². The normalized spacial score (nSPS) is 41.6. The maximum absolute atomic E-state index is 12.8. The highest BCUT2D eigenvalue weighted by Crippen LogP contribution is 2.68. The van der Waals surface area contributed by atoms with Crippen molar-refractivity contribution in [1.29, 1.82) is 0 Å². The second-order valence-electron chi connectivity index (χ2n) is 11.4. The predicted molar refractivity (Wildman–Crippen MR) is 122 cm³/mol. The van der Waals surface area contributed by atoms with Gasteiger partial charge in [-0.15, -0.1) is 0 Å². The summed E-state index contributed by atoms with van der Waals surface area (Å²) < 4.78 is 23.1. The molecule has 4 rings (SSSR count). The number of furan rings is 1. The Kier molecular flexibility index (Phi) is 5.92. The minimum absolute atomic E-state index is 0.306. The van der Waals surface area contributed by atoms with Crippen molar-refractivity contribution in [2.24, 2.45) is 22.7 Å². The Morgan fingerprint density at radius 3 is 2.14 bits per heavy atom. The molecule has 0 amide bonds. The lowest BCUT2D eigenvalue weighted by atomic mass is 9.38. The molecule has 0 unspecified atom stereocenters. The number of carbonyl (C=O) groups is 3. The van der Waals surface area contributed by atoms with Crippen molar-refractivity contribution in [3.8, 4) is 0 Å². The molecule has 8 atom stereocenters. The SMILES string of the molecule is CC(=O)O[C@@H]1[C@@H]2[C@H](Cc3occc3[C@]2(C)O)[C@@]2(C)[C@@H](OC(C)=O)CCC(C)(C)[C@]2(O)[C@H]1OC(C)=O. The Morgan fingerprint density at radius 1 is 0.971 bits per heavy atom. The standard InChI is InChI=1S/C26H36O9/c1-13(27)33-19-8-10-23(4,5)26(31)22(35-15(3)29)21(34-14(2)28)20-17(24(19,26)6)12-18-16(9-11-32-18)25(20,7)30/h9,11,17,19-22,30-31H,8,10,12H2,1-7H3/t17-,19-,20-,21+,22-,24-,25-,26+/m0/s1. The number of ether oxygens (including phenoxy) is 3. The fraction of sp³-hybridized carbons (Fsp3) is 0.731. The number of carbonyl (C=O) groups excluding carboxylic acids is 3. The third-order valence-corrected chi connectivity index (χ3v) is 9.07. The first-order valence-corrected chi connectivity index (χ1v) is 12.1. The van der Waals surface area contributed by atoms with Crippen molar-refractivity contribution in [3.05, 3.63) is 23.7 Å². The van der Waals surface area contributed by atoms with Gasteiger partial charge in [0.25, 0.3) is 0 Å². The molecule has 9 nitrogen and oxygen atoms in total. The van der Waals surface area contributed by atoms with Crippen LogP contribution in [-0.2, 0) is 40.6 Å². The van der Waals surface area contributed by atoms with Crippen LogP contribution in [0.3, 0.4) is 0 Å². The molecule has 0 aliphatic heterocycles. The first-order chi connectivity index (χ1) is 16.1. The topological polar surface area (TPSA) is 132 Å². The maximum Gasteiger partial charge on any atom is 0.303 e. The van der Waals surface area contributed by atoms with Crippen LogP contribution < -0.4 is 0 Å². The largest absolute Gasteiger partial charge is 0.469 e. The smallest absolute Gasteiger partial charge is 0.303 e. The lowest BCUT2D eigenvalue weighted by molar-refractivity contribution is -0.351. The number of hydrogen-bond donors (Lipinski definition) is 2. The van der Waals surface area contributed by atoms with Gasteiger partial charge in [-0.05, 0) is 37.2 Å². The molecule has 1 aromatic rings. The van der Waals surface area contributed by atoms with Gasteiger partial charge in [0.1, 0.15) is 23.6 Å². The van der Waals surface area contributed by atoms with E-state index >= 15 is 0 Å². The summed E-state index contributed by atoms with van der Waals surface area (Å²) in [6.07, 6.45) is -0.497. The molecule has 0 bridgehead atoms. The molecule has 0 saturated heterocycles. The highest BCUT2D eigenvalue weighted by Gasteiger charge is 2.78. The van der Waals surface area contributed by atoms with Crippen molar-refractivity contribution in [2.45, 2.75) is 97.2 Å². The summed E-state index contributed by atoms with van der Waals surface area (Å²) in [4.78, 5) is 36.9. The molecule has 194 valence electrons. The highest BCUT2D eigenvalue weighted by molar-refractivity contribution is 5.68. The van der Waals surface area contributed by atoms with Crippen LogP contribution in [0.5, 0.6) is 0 Å². The molecular weight excluding hydrogens is 456 g/mol. The van der Waals surface area contributed by atoms with Gasteiger partial charge in [0, 0.05) is 44.1 Å². The van der Waals surface area contributed by atoms with Gasteiger partial charge in [-0.3, -0.25) is 14.4 Å². The fourth-order valence-electron chi connectivity index (χ4n) is 7.62. The molecule has 35 heavy (non-hydrogen) atoms. The van der Waals surface area contributed by atoms with E-state index in [1.165, 1.54) is 27.0 Å². The van der Waals surface area contributed by atoms with Crippen LogP contribution >= 0.6 is 0 Å². The zero-order valence-corrected chi connectivity index (χ0v) is 21.4. The zero-order valence-electron chi connectivity index (χ0n) is 21.4. The molecule has 1 heterocycles. The maximum atomic E-state index is 12.8. The summed E-state index contributed by atoms with van der Waals surface area (Å²) >= 11 is 0. The predicted octanol–water partition coefficient (Wildman–Crippen LogP) is 2.64. The number of rotatable bonds is 3. The quantitative estimate of drug-likeness (QED) is 0.483. The molecule has 9 heteroatoms. The van der Waals surface area contributed by atoms with Gasteiger partial charge >= 0.3 is 17.9 Å². The van der Waals surface area contributed by atoms with Crippen molar-refractivity contribution in [1.82, 2.24) is 0 Å². The lowest BCUT2D eigenvalue weighted by Gasteiger charge is -2.70. The molecule has 2 fully saturated rings. The van der Waals surface area contributed by atoms with Gasteiger partial charge in [-0.1, -0.05) is 20.8 Å². The van der Waals surface area contributed by atoms with Gasteiger partial charge in [0.15, 0.2) is 6.10 Å². The lowest BCUT2D eigenvalue weighted by Crippen LogP contribution is -2.81.